The van der Waals surface area contributed by atoms with E-state index in [0.29, 0.717) is 5.82 Å². The van der Waals surface area contributed by atoms with Gasteiger partial charge in [0.15, 0.2) is 5.82 Å². The number of hydrogen-bond donors (Lipinski definition) is 2. The average molecular weight is 318 g/mol. The standard InChI is InChI=1S/C18H18N6/c1-24-12-19-11-14(24)7-9-20-17-15-8-10-21-18(15)23-16(22-17)13-5-3-2-4-6-13/h2-6,8,10-12H,7,9H2,1H3,(H2,20,21,22,23). The average Bonchev–Trinajstić information content (AvgIpc) is 3.24. The quantitative estimate of drug-likeness (QED) is 0.593. The fourth-order valence-electron chi connectivity index (χ4n) is 2.73. The summed E-state index contributed by atoms with van der Waals surface area (Å²) in [5.41, 5.74) is 3.03. The Morgan fingerprint density at radius 1 is 1.12 bits per heavy atom. The molecule has 2 N–H and O–H groups in total. The Labute approximate surface area is 139 Å². The SMILES string of the molecule is Cn1cncc1CCNc1nc(-c2ccccc2)nc2[nH]ccc12. The lowest BCUT2D eigenvalue weighted by Gasteiger charge is -2.09. The Hall–Kier alpha value is -3.15. The number of fused-ring (bicyclic) bond motifs is 1. The minimum atomic E-state index is 0.716. The van der Waals surface area contributed by atoms with Crippen LogP contribution in [0.5, 0.6) is 0 Å². The molecule has 3 aromatic heterocycles. The van der Waals surface area contributed by atoms with Crippen LogP contribution in [-0.2, 0) is 13.5 Å². The first-order valence-corrected chi connectivity index (χ1v) is 7.91. The first-order valence-electron chi connectivity index (χ1n) is 7.91. The van der Waals surface area contributed by atoms with E-state index in [-0.39, 0.29) is 0 Å². The molecule has 4 rings (SSSR count). The van der Waals surface area contributed by atoms with Gasteiger partial charge < -0.3 is 14.9 Å². The van der Waals surface area contributed by atoms with Crippen molar-refractivity contribution in [2.45, 2.75) is 6.42 Å². The Morgan fingerprint density at radius 3 is 2.79 bits per heavy atom. The van der Waals surface area contributed by atoms with Crippen molar-refractivity contribution in [3.63, 3.8) is 0 Å². The van der Waals surface area contributed by atoms with Crippen LogP contribution in [0, 0.1) is 0 Å². The number of imidazole rings is 1. The van der Waals surface area contributed by atoms with Crippen molar-refractivity contribution in [1.29, 1.82) is 0 Å². The number of aromatic amines is 1. The molecular formula is C18H18N6. The Kier molecular flexibility index (Phi) is 3.70. The van der Waals surface area contributed by atoms with Crippen LogP contribution >= 0.6 is 0 Å². The zero-order valence-corrected chi connectivity index (χ0v) is 13.4. The molecule has 0 aliphatic heterocycles. The lowest BCUT2D eigenvalue weighted by Crippen LogP contribution is -2.09. The van der Waals surface area contributed by atoms with E-state index in [1.807, 2.05) is 66.7 Å². The highest BCUT2D eigenvalue weighted by atomic mass is 15.1. The number of aryl methyl sites for hydroxylation is 1. The van der Waals surface area contributed by atoms with E-state index >= 15 is 0 Å². The maximum atomic E-state index is 4.72. The highest BCUT2D eigenvalue weighted by Gasteiger charge is 2.10. The van der Waals surface area contributed by atoms with Gasteiger partial charge in [-0.3, -0.25) is 0 Å². The highest BCUT2D eigenvalue weighted by molar-refractivity contribution is 5.88. The second kappa shape index (κ2) is 6.16. The summed E-state index contributed by atoms with van der Waals surface area (Å²) in [5.74, 6) is 1.57. The van der Waals surface area contributed by atoms with Gasteiger partial charge in [-0.2, -0.15) is 0 Å². The van der Waals surface area contributed by atoms with Crippen molar-refractivity contribution < 1.29 is 0 Å². The predicted octanol–water partition coefficient (Wildman–Crippen LogP) is 3.01. The number of nitrogens with one attached hydrogen (secondary N) is 2. The molecule has 0 saturated carbocycles. The van der Waals surface area contributed by atoms with Gasteiger partial charge in [0, 0.05) is 43.7 Å². The van der Waals surface area contributed by atoms with Crippen molar-refractivity contribution in [1.82, 2.24) is 24.5 Å². The number of nitrogens with zero attached hydrogens (tertiary/aromatic N) is 4. The van der Waals surface area contributed by atoms with Crippen LogP contribution < -0.4 is 5.32 Å². The zero-order valence-electron chi connectivity index (χ0n) is 13.4. The van der Waals surface area contributed by atoms with E-state index in [9.17, 15) is 0 Å². The van der Waals surface area contributed by atoms with E-state index < -0.39 is 0 Å². The molecule has 1 aromatic carbocycles. The van der Waals surface area contributed by atoms with E-state index in [2.05, 4.69) is 20.3 Å². The molecule has 0 fully saturated rings. The summed E-state index contributed by atoms with van der Waals surface area (Å²) in [5, 5.41) is 4.44. The van der Waals surface area contributed by atoms with Crippen molar-refractivity contribution in [2.75, 3.05) is 11.9 Å². The Morgan fingerprint density at radius 2 is 2.00 bits per heavy atom. The van der Waals surface area contributed by atoms with Crippen molar-refractivity contribution in [3.05, 3.63) is 60.8 Å². The summed E-state index contributed by atoms with van der Waals surface area (Å²) in [6, 6.07) is 12.0. The molecule has 24 heavy (non-hydrogen) atoms. The van der Waals surface area contributed by atoms with Gasteiger partial charge in [-0.05, 0) is 6.07 Å². The molecule has 0 amide bonds. The third-order valence-corrected chi connectivity index (χ3v) is 4.04. The molecule has 0 radical (unpaired) electrons. The van der Waals surface area contributed by atoms with Gasteiger partial charge in [-0.25, -0.2) is 15.0 Å². The first-order chi connectivity index (χ1) is 11.8. The van der Waals surface area contributed by atoms with Crippen molar-refractivity contribution >= 4 is 16.9 Å². The smallest absolute Gasteiger partial charge is 0.163 e. The third-order valence-electron chi connectivity index (χ3n) is 4.04. The van der Waals surface area contributed by atoms with E-state index in [1.54, 1.807) is 0 Å². The highest BCUT2D eigenvalue weighted by Crippen LogP contribution is 2.24. The predicted molar refractivity (Wildman–Crippen MR) is 94.7 cm³/mol. The number of benzene rings is 1. The van der Waals surface area contributed by atoms with Crippen LogP contribution in [0.15, 0.2) is 55.1 Å². The summed E-state index contributed by atoms with van der Waals surface area (Å²) in [6.45, 7) is 0.783. The largest absolute Gasteiger partial charge is 0.369 e. The molecule has 0 aliphatic rings. The van der Waals surface area contributed by atoms with Crippen molar-refractivity contribution in [3.8, 4) is 11.4 Å². The van der Waals surface area contributed by atoms with Gasteiger partial charge >= 0.3 is 0 Å². The lowest BCUT2D eigenvalue weighted by atomic mass is 10.2. The van der Waals surface area contributed by atoms with Crippen LogP contribution in [0.4, 0.5) is 5.82 Å². The number of anilines is 1. The van der Waals surface area contributed by atoms with Crippen LogP contribution in [-0.4, -0.2) is 31.0 Å². The molecule has 0 aliphatic carbocycles. The normalized spacial score (nSPS) is 11.0. The second-order valence-electron chi connectivity index (χ2n) is 5.67. The number of aromatic nitrogens is 5. The molecule has 6 heteroatoms. The number of H-pyrrole nitrogens is 1. The monoisotopic (exact) mass is 318 g/mol. The second-order valence-corrected chi connectivity index (χ2v) is 5.67. The molecule has 120 valence electrons. The fourth-order valence-corrected chi connectivity index (χ4v) is 2.73. The van der Waals surface area contributed by atoms with Crippen LogP contribution in [0.25, 0.3) is 22.4 Å². The first kappa shape index (κ1) is 14.4. The summed E-state index contributed by atoms with van der Waals surface area (Å²) in [6.07, 6.45) is 6.48. The van der Waals surface area contributed by atoms with Gasteiger partial charge in [-0.1, -0.05) is 30.3 Å². The minimum absolute atomic E-state index is 0.716. The van der Waals surface area contributed by atoms with Gasteiger partial charge in [0.1, 0.15) is 11.5 Å². The van der Waals surface area contributed by atoms with Gasteiger partial charge in [0.2, 0.25) is 0 Å². The molecular weight excluding hydrogens is 300 g/mol. The Bertz CT molecular complexity index is 954. The van der Waals surface area contributed by atoms with E-state index in [1.165, 1.54) is 5.69 Å². The summed E-state index contributed by atoms with van der Waals surface area (Å²) < 4.78 is 2.03. The molecule has 0 bridgehead atoms. The molecule has 0 saturated heterocycles. The van der Waals surface area contributed by atoms with Crippen LogP contribution in [0.2, 0.25) is 0 Å². The van der Waals surface area contributed by atoms with Gasteiger partial charge in [0.25, 0.3) is 0 Å². The van der Waals surface area contributed by atoms with E-state index in [4.69, 9.17) is 4.98 Å². The minimum Gasteiger partial charge on any atom is -0.369 e. The number of rotatable bonds is 5. The summed E-state index contributed by atoms with van der Waals surface area (Å²) in [7, 11) is 2.00. The molecule has 0 atom stereocenters. The molecule has 3 heterocycles. The topological polar surface area (TPSA) is 71.4 Å². The lowest BCUT2D eigenvalue weighted by molar-refractivity contribution is 0.815. The van der Waals surface area contributed by atoms with E-state index in [0.717, 1.165) is 35.4 Å². The van der Waals surface area contributed by atoms with Crippen LogP contribution in [0.1, 0.15) is 5.69 Å². The number of hydrogen-bond acceptors (Lipinski definition) is 4. The van der Waals surface area contributed by atoms with Gasteiger partial charge in [-0.15, -0.1) is 0 Å². The fraction of sp³-hybridized carbons (Fsp3) is 0.167. The van der Waals surface area contributed by atoms with Crippen LogP contribution in [0.3, 0.4) is 0 Å². The molecule has 6 nitrogen and oxygen atoms in total. The van der Waals surface area contributed by atoms with Crippen molar-refractivity contribution in [2.24, 2.45) is 7.05 Å². The molecule has 0 spiro atoms. The third kappa shape index (κ3) is 2.74. The maximum absolute atomic E-state index is 4.72. The summed E-state index contributed by atoms with van der Waals surface area (Å²) in [4.78, 5) is 16.7. The summed E-state index contributed by atoms with van der Waals surface area (Å²) >= 11 is 0. The Balaban J connectivity index is 1.62. The van der Waals surface area contributed by atoms with Gasteiger partial charge in [0.05, 0.1) is 11.7 Å². The molecule has 4 aromatic rings. The zero-order chi connectivity index (χ0) is 16.4. The maximum Gasteiger partial charge on any atom is 0.163 e. The molecule has 0 unspecified atom stereocenters.